The van der Waals surface area contributed by atoms with Crippen molar-refractivity contribution in [3.63, 3.8) is 0 Å². The van der Waals surface area contributed by atoms with Crippen LogP contribution in [-0.2, 0) is 24.9 Å². The summed E-state index contributed by atoms with van der Waals surface area (Å²) in [6.07, 6.45) is 8.86. The normalized spacial score (nSPS) is 13.5. The zero-order valence-corrected chi connectivity index (χ0v) is 14.3. The smallest absolute Gasteiger partial charge is 0.290 e. The van der Waals surface area contributed by atoms with Gasteiger partial charge in [-0.25, -0.2) is 10.1 Å². The number of hydrogen-bond acceptors (Lipinski definition) is 6. The molecule has 0 aliphatic carbocycles. The van der Waals surface area contributed by atoms with Gasteiger partial charge in [0, 0.05) is 18.8 Å². The second-order valence-corrected chi connectivity index (χ2v) is 6.51. The van der Waals surface area contributed by atoms with Gasteiger partial charge in [0.05, 0.1) is 6.61 Å². The Hall–Kier alpha value is -1.27. The Morgan fingerprint density at radius 2 is 2.13 bits per heavy atom. The van der Waals surface area contributed by atoms with Crippen molar-refractivity contribution in [1.82, 2.24) is 10.5 Å². The maximum atomic E-state index is 11.5. The van der Waals surface area contributed by atoms with Gasteiger partial charge in [0.1, 0.15) is 0 Å². The van der Waals surface area contributed by atoms with E-state index in [1.165, 1.54) is 0 Å². The number of amides is 1. The molecule has 0 saturated heterocycles. The molecule has 8 heteroatoms. The molecule has 0 spiro atoms. The third-order valence-corrected chi connectivity index (χ3v) is 3.96. The number of phosphoric ester groups is 1. The fourth-order valence-corrected chi connectivity index (χ4v) is 2.48. The molecule has 1 heterocycles. The van der Waals surface area contributed by atoms with E-state index in [1.807, 2.05) is 11.5 Å². The quantitative estimate of drug-likeness (QED) is 0.355. The Morgan fingerprint density at radius 3 is 2.83 bits per heavy atom. The van der Waals surface area contributed by atoms with Gasteiger partial charge in [-0.15, -0.1) is 0 Å². The first-order valence-electron chi connectivity index (χ1n) is 7.85. The SMILES string of the molecule is CCCCCCCC(=O)NOP(=O)([O-])OCCc1cccnc1. The highest BCUT2D eigenvalue weighted by Crippen LogP contribution is 2.36. The van der Waals surface area contributed by atoms with Gasteiger partial charge < -0.3 is 9.42 Å². The second-order valence-electron chi connectivity index (χ2n) is 5.17. The number of phosphoric acid groups is 1. The van der Waals surface area contributed by atoms with E-state index in [0.29, 0.717) is 12.8 Å². The average molecular weight is 343 g/mol. The van der Waals surface area contributed by atoms with Crippen LogP contribution in [0.3, 0.4) is 0 Å². The lowest BCUT2D eigenvalue weighted by Crippen LogP contribution is -2.25. The summed E-state index contributed by atoms with van der Waals surface area (Å²) in [5, 5.41) is 0. The number of unbranched alkanes of at least 4 members (excludes halogenated alkanes) is 4. The zero-order valence-electron chi connectivity index (χ0n) is 13.4. The van der Waals surface area contributed by atoms with Gasteiger partial charge in [0.25, 0.3) is 7.82 Å². The van der Waals surface area contributed by atoms with Gasteiger partial charge in [-0.05, 0) is 24.5 Å². The molecule has 0 aliphatic heterocycles. The molecular weight excluding hydrogens is 319 g/mol. The molecule has 0 fully saturated rings. The van der Waals surface area contributed by atoms with Crippen molar-refractivity contribution in [3.8, 4) is 0 Å². The monoisotopic (exact) mass is 343 g/mol. The van der Waals surface area contributed by atoms with E-state index >= 15 is 0 Å². The molecule has 23 heavy (non-hydrogen) atoms. The number of nitrogens with one attached hydrogen (secondary N) is 1. The minimum Gasteiger partial charge on any atom is -0.755 e. The zero-order chi connectivity index (χ0) is 17.0. The van der Waals surface area contributed by atoms with Gasteiger partial charge >= 0.3 is 0 Å². The lowest BCUT2D eigenvalue weighted by Gasteiger charge is -2.21. The summed E-state index contributed by atoms with van der Waals surface area (Å²) < 4.78 is 20.5. The van der Waals surface area contributed by atoms with Crippen molar-refractivity contribution in [2.45, 2.75) is 51.9 Å². The predicted octanol–water partition coefficient (Wildman–Crippen LogP) is 2.52. The molecule has 7 nitrogen and oxygen atoms in total. The molecule has 1 N–H and O–H groups in total. The average Bonchev–Trinajstić information content (AvgIpc) is 2.54. The third-order valence-electron chi connectivity index (χ3n) is 3.14. The van der Waals surface area contributed by atoms with Crippen LogP contribution in [0.5, 0.6) is 0 Å². The highest BCUT2D eigenvalue weighted by atomic mass is 31.2. The highest BCUT2D eigenvalue weighted by Gasteiger charge is 2.12. The van der Waals surface area contributed by atoms with E-state index in [9.17, 15) is 14.3 Å². The van der Waals surface area contributed by atoms with E-state index in [4.69, 9.17) is 0 Å². The predicted molar refractivity (Wildman–Crippen MR) is 84.1 cm³/mol. The van der Waals surface area contributed by atoms with Crippen molar-refractivity contribution in [2.75, 3.05) is 6.61 Å². The van der Waals surface area contributed by atoms with Crippen LogP contribution in [0.2, 0.25) is 0 Å². The van der Waals surface area contributed by atoms with Crippen molar-refractivity contribution in [3.05, 3.63) is 30.1 Å². The molecular formula is C15H24N2O5P-. The Morgan fingerprint density at radius 1 is 1.35 bits per heavy atom. The van der Waals surface area contributed by atoms with Gasteiger partial charge in [0.15, 0.2) is 0 Å². The largest absolute Gasteiger partial charge is 0.755 e. The van der Waals surface area contributed by atoms with Gasteiger partial charge in [-0.1, -0.05) is 38.7 Å². The number of carbonyl (C=O) groups excluding carboxylic acids is 1. The maximum absolute atomic E-state index is 11.5. The molecule has 1 rings (SSSR count). The van der Waals surface area contributed by atoms with E-state index in [-0.39, 0.29) is 13.0 Å². The lowest BCUT2D eigenvalue weighted by atomic mass is 10.1. The molecule has 1 aromatic rings. The van der Waals surface area contributed by atoms with Crippen LogP contribution in [-0.4, -0.2) is 17.5 Å². The van der Waals surface area contributed by atoms with Crippen LogP contribution in [0, 0.1) is 0 Å². The van der Waals surface area contributed by atoms with E-state index in [1.54, 1.807) is 18.5 Å². The fourth-order valence-electron chi connectivity index (χ4n) is 1.89. The summed E-state index contributed by atoms with van der Waals surface area (Å²) >= 11 is 0. The van der Waals surface area contributed by atoms with Gasteiger partial charge in [-0.2, -0.15) is 0 Å². The molecule has 1 atom stereocenters. The van der Waals surface area contributed by atoms with Crippen molar-refractivity contribution >= 4 is 13.7 Å². The van der Waals surface area contributed by atoms with Crippen molar-refractivity contribution in [1.29, 1.82) is 0 Å². The van der Waals surface area contributed by atoms with Crippen LogP contribution >= 0.6 is 7.82 Å². The first-order valence-corrected chi connectivity index (χ1v) is 9.31. The number of hydrogen-bond donors (Lipinski definition) is 1. The first-order chi connectivity index (χ1) is 11.0. The summed E-state index contributed by atoms with van der Waals surface area (Å²) in [6, 6.07) is 3.57. The first kappa shape index (κ1) is 19.8. The molecule has 130 valence electrons. The minimum absolute atomic E-state index is 0.0701. The Bertz CT molecular complexity index is 498. The van der Waals surface area contributed by atoms with E-state index < -0.39 is 13.7 Å². The molecule has 0 bridgehead atoms. The molecule has 1 unspecified atom stereocenters. The maximum Gasteiger partial charge on any atom is 0.290 e. The van der Waals surface area contributed by atoms with Crippen LogP contribution in [0.15, 0.2) is 24.5 Å². The van der Waals surface area contributed by atoms with Crippen LogP contribution in [0.25, 0.3) is 0 Å². The van der Waals surface area contributed by atoms with Crippen LogP contribution in [0.1, 0.15) is 51.0 Å². The number of nitrogens with zero attached hydrogens (tertiary/aromatic N) is 1. The third kappa shape index (κ3) is 10.2. The second kappa shape index (κ2) is 11.3. The molecule has 0 saturated carbocycles. The highest BCUT2D eigenvalue weighted by molar-refractivity contribution is 7.45. The van der Waals surface area contributed by atoms with E-state index in [0.717, 1.165) is 31.2 Å². The number of hydroxylamine groups is 1. The summed E-state index contributed by atoms with van der Waals surface area (Å²) in [4.78, 5) is 26.9. The summed E-state index contributed by atoms with van der Waals surface area (Å²) in [7, 11) is -4.54. The Kier molecular flexibility index (Phi) is 9.71. The summed E-state index contributed by atoms with van der Waals surface area (Å²) in [5.74, 6) is -0.464. The summed E-state index contributed by atoms with van der Waals surface area (Å²) in [5.41, 5.74) is 2.76. The molecule has 0 radical (unpaired) electrons. The standard InChI is InChI=1S/C15H25N2O5P/c1-2-3-4-5-6-9-15(18)17-22-23(19,20)21-12-10-14-8-7-11-16-13-14/h7-8,11,13H,2-6,9-10,12H2,1H3,(H,17,18)(H,19,20)/p-1. The van der Waals surface area contributed by atoms with Gasteiger partial charge in [0.2, 0.25) is 5.91 Å². The molecule has 0 aliphatic rings. The number of rotatable bonds is 12. The van der Waals surface area contributed by atoms with E-state index in [2.05, 4.69) is 21.1 Å². The van der Waals surface area contributed by atoms with Crippen molar-refractivity contribution in [2.24, 2.45) is 0 Å². The number of aromatic nitrogens is 1. The number of carbonyl (C=O) groups is 1. The Labute approximate surface area is 137 Å². The molecule has 1 amide bonds. The summed E-state index contributed by atoms with van der Waals surface area (Å²) in [6.45, 7) is 2.04. The Balaban J connectivity index is 2.14. The minimum atomic E-state index is -4.54. The van der Waals surface area contributed by atoms with Crippen LogP contribution < -0.4 is 10.4 Å². The van der Waals surface area contributed by atoms with Gasteiger partial charge in [-0.3, -0.25) is 14.3 Å². The molecule has 1 aromatic heterocycles. The molecule has 0 aromatic carbocycles. The van der Waals surface area contributed by atoms with Crippen LogP contribution in [0.4, 0.5) is 0 Å². The topological polar surface area (TPSA) is 101 Å². The number of pyridine rings is 1. The van der Waals surface area contributed by atoms with Crippen molar-refractivity contribution < 1.29 is 23.4 Å². The fraction of sp³-hybridized carbons (Fsp3) is 0.600. The lowest BCUT2D eigenvalue weighted by molar-refractivity contribution is -0.231.